The van der Waals surface area contributed by atoms with E-state index in [-0.39, 0.29) is 22.7 Å². The third kappa shape index (κ3) is 1.23. The molecule has 1 amide bonds. The normalized spacial score (nSPS) is 19.4. The Labute approximate surface area is 66.0 Å². The van der Waals surface area contributed by atoms with Crippen molar-refractivity contribution in [2.75, 3.05) is 7.05 Å². The van der Waals surface area contributed by atoms with E-state index in [2.05, 4.69) is 21.0 Å². The average Bonchev–Trinajstić information content (AvgIpc) is 1.84. The molecule has 0 aromatic rings. The van der Waals surface area contributed by atoms with Crippen molar-refractivity contribution in [3.63, 3.8) is 0 Å². The van der Waals surface area contributed by atoms with Crippen molar-refractivity contribution in [3.05, 3.63) is 0 Å². The number of hydrazone groups is 1. The maximum atomic E-state index is 10.7. The highest BCUT2D eigenvalue weighted by atomic mass is 79.9. The van der Waals surface area contributed by atoms with Crippen LogP contribution in [0.15, 0.2) is 5.10 Å². The maximum Gasteiger partial charge on any atom is 0.250 e. The molecular weight excluding hydrogens is 200 g/mol. The summed E-state index contributed by atoms with van der Waals surface area (Å²) in [6, 6.07) is 0. The Balaban J connectivity index is 2.89. The number of rotatable bonds is 0. The summed E-state index contributed by atoms with van der Waals surface area (Å²) in [5.74, 6) is -0.531. The summed E-state index contributed by atoms with van der Waals surface area (Å²) in [4.78, 5) is 21.5. The molecule has 1 rings (SSSR count). The summed E-state index contributed by atoms with van der Waals surface area (Å²) >= 11 is 2.93. The molecule has 1 aliphatic rings. The molecule has 0 spiro atoms. The van der Waals surface area contributed by atoms with Gasteiger partial charge in [-0.25, -0.2) is 5.01 Å². The van der Waals surface area contributed by atoms with E-state index in [9.17, 15) is 9.59 Å². The van der Waals surface area contributed by atoms with Gasteiger partial charge in [-0.2, -0.15) is 5.10 Å². The lowest BCUT2D eigenvalue weighted by molar-refractivity contribution is -0.133. The van der Waals surface area contributed by atoms with Crippen LogP contribution in [0.1, 0.15) is 6.42 Å². The van der Waals surface area contributed by atoms with Crippen molar-refractivity contribution in [2.24, 2.45) is 5.10 Å². The van der Waals surface area contributed by atoms with E-state index >= 15 is 0 Å². The molecule has 1 heterocycles. The number of ketones is 1. The van der Waals surface area contributed by atoms with Gasteiger partial charge in [0, 0.05) is 7.05 Å². The Bertz CT molecular complexity index is 224. The van der Waals surface area contributed by atoms with Crippen LogP contribution in [0.4, 0.5) is 0 Å². The lowest BCUT2D eigenvalue weighted by Crippen LogP contribution is -2.32. The minimum Gasteiger partial charge on any atom is -0.291 e. The molecule has 0 radical (unpaired) electrons. The topological polar surface area (TPSA) is 49.7 Å². The minimum absolute atomic E-state index is 0.0828. The van der Waals surface area contributed by atoms with Crippen LogP contribution < -0.4 is 0 Å². The monoisotopic (exact) mass is 204 g/mol. The van der Waals surface area contributed by atoms with Gasteiger partial charge in [-0.05, 0) is 15.9 Å². The summed E-state index contributed by atoms with van der Waals surface area (Å²) in [7, 11) is 1.51. The Morgan fingerprint density at radius 1 is 1.60 bits per heavy atom. The molecule has 0 atom stereocenters. The van der Waals surface area contributed by atoms with Gasteiger partial charge >= 0.3 is 0 Å². The van der Waals surface area contributed by atoms with Crippen LogP contribution in [-0.4, -0.2) is 28.4 Å². The molecule has 0 N–H and O–H groups in total. The van der Waals surface area contributed by atoms with Crippen LogP contribution in [-0.2, 0) is 9.59 Å². The van der Waals surface area contributed by atoms with E-state index in [1.807, 2.05) is 0 Å². The third-order valence-electron chi connectivity index (χ3n) is 1.14. The van der Waals surface area contributed by atoms with Crippen molar-refractivity contribution in [2.45, 2.75) is 6.42 Å². The summed E-state index contributed by atoms with van der Waals surface area (Å²) in [5, 5.41) is 4.76. The molecule has 0 aromatic carbocycles. The molecule has 0 unspecified atom stereocenters. The van der Waals surface area contributed by atoms with Crippen LogP contribution in [0.5, 0.6) is 0 Å². The fourth-order valence-corrected chi connectivity index (χ4v) is 0.946. The van der Waals surface area contributed by atoms with Crippen molar-refractivity contribution in [3.8, 4) is 0 Å². The van der Waals surface area contributed by atoms with Gasteiger partial charge in [-0.3, -0.25) is 9.59 Å². The molecule has 4 nitrogen and oxygen atoms in total. The van der Waals surface area contributed by atoms with Gasteiger partial charge in [0.15, 0.2) is 10.4 Å². The SMILES string of the molecule is CN1N=C(Br)C(=O)CC1=O. The molecule has 54 valence electrons. The smallest absolute Gasteiger partial charge is 0.250 e. The molecule has 0 saturated carbocycles. The van der Waals surface area contributed by atoms with Gasteiger partial charge in [0.2, 0.25) is 5.91 Å². The largest absolute Gasteiger partial charge is 0.291 e. The predicted molar refractivity (Wildman–Crippen MR) is 38.8 cm³/mol. The number of carbonyl (C=O) groups excluding carboxylic acids is 2. The standard InChI is InChI=1S/C5H5BrN2O2/c1-8-4(10)2-3(9)5(6)7-8/h2H2,1H3. The molecular formula is C5H5BrN2O2. The number of hydrogen-bond acceptors (Lipinski definition) is 3. The summed E-state index contributed by atoms with van der Waals surface area (Å²) < 4.78 is 0.217. The van der Waals surface area contributed by atoms with Crippen LogP contribution in [0, 0.1) is 0 Å². The zero-order valence-electron chi connectivity index (χ0n) is 5.30. The number of carbonyl (C=O) groups is 2. The summed E-state index contributed by atoms with van der Waals surface area (Å²) in [6.45, 7) is 0. The Hall–Kier alpha value is -0.710. The van der Waals surface area contributed by atoms with E-state index in [0.29, 0.717) is 0 Å². The van der Waals surface area contributed by atoms with Crippen LogP contribution in [0.3, 0.4) is 0 Å². The number of amides is 1. The van der Waals surface area contributed by atoms with Crippen molar-refractivity contribution in [1.82, 2.24) is 5.01 Å². The summed E-state index contributed by atoms with van der Waals surface area (Å²) in [5.41, 5.74) is 0. The van der Waals surface area contributed by atoms with E-state index in [4.69, 9.17) is 0 Å². The van der Waals surface area contributed by atoms with Gasteiger partial charge in [0.1, 0.15) is 0 Å². The van der Waals surface area contributed by atoms with Gasteiger partial charge in [0.05, 0.1) is 6.42 Å². The molecule has 10 heavy (non-hydrogen) atoms. The second-order valence-corrected chi connectivity index (χ2v) is 2.66. The first-order chi connectivity index (χ1) is 4.61. The van der Waals surface area contributed by atoms with Crippen molar-refractivity contribution in [1.29, 1.82) is 0 Å². The lowest BCUT2D eigenvalue weighted by atomic mass is 10.2. The van der Waals surface area contributed by atoms with Crippen molar-refractivity contribution >= 4 is 32.2 Å². The number of hydrogen-bond donors (Lipinski definition) is 0. The van der Waals surface area contributed by atoms with E-state index < -0.39 is 0 Å². The molecule has 5 heteroatoms. The van der Waals surface area contributed by atoms with Crippen LogP contribution >= 0.6 is 15.9 Å². The quantitative estimate of drug-likeness (QED) is 0.527. The molecule has 0 saturated heterocycles. The Morgan fingerprint density at radius 2 is 2.20 bits per heavy atom. The summed E-state index contributed by atoms with van der Waals surface area (Å²) in [6.07, 6.45) is -0.0828. The van der Waals surface area contributed by atoms with Crippen LogP contribution in [0.25, 0.3) is 0 Å². The molecule has 0 aromatic heterocycles. The highest BCUT2D eigenvalue weighted by molar-refractivity contribution is 9.19. The highest BCUT2D eigenvalue weighted by Gasteiger charge is 2.22. The molecule has 0 fully saturated rings. The second kappa shape index (κ2) is 2.49. The fraction of sp³-hybridized carbons (Fsp3) is 0.400. The predicted octanol–water partition coefficient (Wildman–Crippen LogP) is 0.126. The number of Topliss-reactive ketones (excluding diaryl/α,β-unsaturated/α-hetero) is 1. The highest BCUT2D eigenvalue weighted by Crippen LogP contribution is 2.06. The van der Waals surface area contributed by atoms with Crippen LogP contribution in [0.2, 0.25) is 0 Å². The van der Waals surface area contributed by atoms with Gasteiger partial charge < -0.3 is 0 Å². The van der Waals surface area contributed by atoms with E-state index in [0.717, 1.165) is 5.01 Å². The Kier molecular flexibility index (Phi) is 1.85. The number of nitrogens with zero attached hydrogens (tertiary/aromatic N) is 2. The molecule has 0 bridgehead atoms. The maximum absolute atomic E-state index is 10.7. The van der Waals surface area contributed by atoms with Gasteiger partial charge in [0.25, 0.3) is 0 Å². The molecule has 1 aliphatic heterocycles. The van der Waals surface area contributed by atoms with Crippen molar-refractivity contribution < 1.29 is 9.59 Å². The third-order valence-corrected chi connectivity index (χ3v) is 1.74. The minimum atomic E-state index is -0.270. The first-order valence-electron chi connectivity index (χ1n) is 2.65. The molecule has 0 aliphatic carbocycles. The average molecular weight is 205 g/mol. The Morgan fingerprint density at radius 3 is 2.70 bits per heavy atom. The van der Waals surface area contributed by atoms with Gasteiger partial charge in [-0.1, -0.05) is 0 Å². The zero-order chi connectivity index (χ0) is 7.72. The van der Waals surface area contributed by atoms with Gasteiger partial charge in [-0.15, -0.1) is 0 Å². The first kappa shape index (κ1) is 7.40. The second-order valence-electron chi connectivity index (χ2n) is 1.91. The first-order valence-corrected chi connectivity index (χ1v) is 3.44. The van der Waals surface area contributed by atoms with E-state index in [1.54, 1.807) is 0 Å². The number of halogens is 1. The van der Waals surface area contributed by atoms with E-state index in [1.165, 1.54) is 7.05 Å². The fourth-order valence-electron chi connectivity index (χ4n) is 0.568. The lowest BCUT2D eigenvalue weighted by Gasteiger charge is -2.14. The zero-order valence-corrected chi connectivity index (χ0v) is 6.88.